The molecular weight excluding hydrogens is 316 g/mol. The molecule has 0 bridgehead atoms. The SMILES string of the molecule is O=C(COc1ccccc1O)NC(c1ccccc1)c1ccccn1. The highest BCUT2D eigenvalue weighted by molar-refractivity contribution is 5.78. The van der Waals surface area contributed by atoms with E-state index in [-0.39, 0.29) is 30.1 Å². The van der Waals surface area contributed by atoms with E-state index in [9.17, 15) is 9.90 Å². The first-order chi connectivity index (χ1) is 12.2. The number of phenols is 1. The van der Waals surface area contributed by atoms with Crippen LogP contribution in [0.25, 0.3) is 0 Å². The second-order valence-corrected chi connectivity index (χ2v) is 5.42. The van der Waals surface area contributed by atoms with Crippen LogP contribution in [0, 0.1) is 0 Å². The van der Waals surface area contributed by atoms with Crippen LogP contribution in [0.15, 0.2) is 79.0 Å². The van der Waals surface area contributed by atoms with E-state index in [1.165, 1.54) is 6.07 Å². The lowest BCUT2D eigenvalue weighted by molar-refractivity contribution is -0.123. The largest absolute Gasteiger partial charge is 0.504 e. The Balaban J connectivity index is 1.72. The number of carbonyl (C=O) groups is 1. The molecule has 0 fully saturated rings. The van der Waals surface area contributed by atoms with Crippen molar-refractivity contribution < 1.29 is 14.6 Å². The number of amides is 1. The number of para-hydroxylation sites is 2. The smallest absolute Gasteiger partial charge is 0.258 e. The molecule has 0 radical (unpaired) electrons. The highest BCUT2D eigenvalue weighted by atomic mass is 16.5. The number of ether oxygens (including phenoxy) is 1. The first-order valence-corrected chi connectivity index (χ1v) is 7.90. The number of hydrogen-bond acceptors (Lipinski definition) is 4. The van der Waals surface area contributed by atoms with Gasteiger partial charge in [-0.05, 0) is 29.8 Å². The number of aromatic hydroxyl groups is 1. The average Bonchev–Trinajstić information content (AvgIpc) is 2.67. The van der Waals surface area contributed by atoms with Gasteiger partial charge in [0.05, 0.1) is 11.7 Å². The molecule has 2 aromatic carbocycles. The summed E-state index contributed by atoms with van der Waals surface area (Å²) in [6.07, 6.45) is 1.69. The van der Waals surface area contributed by atoms with Gasteiger partial charge in [0.1, 0.15) is 0 Å². The van der Waals surface area contributed by atoms with E-state index in [0.29, 0.717) is 0 Å². The number of carbonyl (C=O) groups excluding carboxylic acids is 1. The maximum absolute atomic E-state index is 12.3. The normalized spacial score (nSPS) is 11.5. The maximum atomic E-state index is 12.3. The van der Waals surface area contributed by atoms with Gasteiger partial charge in [0.2, 0.25) is 0 Å². The van der Waals surface area contributed by atoms with Gasteiger partial charge in [0.25, 0.3) is 5.91 Å². The lowest BCUT2D eigenvalue weighted by Crippen LogP contribution is -2.33. The summed E-state index contributed by atoms with van der Waals surface area (Å²) in [6.45, 7) is -0.201. The molecule has 0 saturated heterocycles. The van der Waals surface area contributed by atoms with E-state index in [1.54, 1.807) is 24.4 Å². The first-order valence-electron chi connectivity index (χ1n) is 7.90. The molecule has 126 valence electrons. The van der Waals surface area contributed by atoms with Crippen molar-refractivity contribution in [1.29, 1.82) is 0 Å². The van der Waals surface area contributed by atoms with Crippen LogP contribution in [0.1, 0.15) is 17.3 Å². The zero-order valence-corrected chi connectivity index (χ0v) is 13.5. The van der Waals surface area contributed by atoms with Crippen molar-refractivity contribution in [3.05, 3.63) is 90.3 Å². The Bertz CT molecular complexity index is 783. The van der Waals surface area contributed by atoms with Crippen LogP contribution >= 0.6 is 0 Å². The second-order valence-electron chi connectivity index (χ2n) is 5.42. The van der Waals surface area contributed by atoms with Crippen LogP contribution in [0.3, 0.4) is 0 Å². The van der Waals surface area contributed by atoms with E-state index in [2.05, 4.69) is 10.3 Å². The van der Waals surface area contributed by atoms with Gasteiger partial charge >= 0.3 is 0 Å². The monoisotopic (exact) mass is 334 g/mol. The zero-order valence-electron chi connectivity index (χ0n) is 13.5. The average molecular weight is 334 g/mol. The third kappa shape index (κ3) is 4.35. The number of nitrogens with one attached hydrogen (secondary N) is 1. The molecule has 0 saturated carbocycles. The van der Waals surface area contributed by atoms with Crippen molar-refractivity contribution >= 4 is 5.91 Å². The minimum absolute atomic E-state index is 0.000338. The molecule has 0 aliphatic heterocycles. The Morgan fingerprint density at radius 1 is 1.00 bits per heavy atom. The van der Waals surface area contributed by atoms with Gasteiger partial charge in [-0.2, -0.15) is 0 Å². The topological polar surface area (TPSA) is 71.5 Å². The number of phenolic OH excluding ortho intramolecular Hbond substituents is 1. The fourth-order valence-electron chi connectivity index (χ4n) is 2.45. The minimum atomic E-state index is -0.372. The number of benzene rings is 2. The molecule has 0 spiro atoms. The van der Waals surface area contributed by atoms with Crippen molar-refractivity contribution in [2.45, 2.75) is 6.04 Å². The van der Waals surface area contributed by atoms with Crippen molar-refractivity contribution in [3.8, 4) is 11.5 Å². The highest BCUT2D eigenvalue weighted by Gasteiger charge is 2.18. The summed E-state index contributed by atoms with van der Waals surface area (Å²) in [7, 11) is 0. The van der Waals surface area contributed by atoms with Crippen LogP contribution in [0.4, 0.5) is 0 Å². The molecule has 0 aliphatic carbocycles. The highest BCUT2D eigenvalue weighted by Crippen LogP contribution is 2.24. The van der Waals surface area contributed by atoms with Gasteiger partial charge < -0.3 is 15.2 Å². The summed E-state index contributed by atoms with van der Waals surface area (Å²) in [5, 5.41) is 12.6. The van der Waals surface area contributed by atoms with Crippen molar-refractivity contribution in [1.82, 2.24) is 10.3 Å². The predicted molar refractivity (Wildman–Crippen MR) is 94.3 cm³/mol. The molecule has 1 amide bonds. The van der Waals surface area contributed by atoms with E-state index < -0.39 is 0 Å². The molecule has 0 aliphatic rings. The molecule has 1 unspecified atom stereocenters. The first kappa shape index (κ1) is 16.5. The summed E-state index contributed by atoms with van der Waals surface area (Å²) >= 11 is 0. The van der Waals surface area contributed by atoms with Gasteiger partial charge in [0.15, 0.2) is 18.1 Å². The summed E-state index contributed by atoms with van der Waals surface area (Å²) in [5.41, 5.74) is 1.67. The number of aromatic nitrogens is 1. The summed E-state index contributed by atoms with van der Waals surface area (Å²) in [4.78, 5) is 16.7. The minimum Gasteiger partial charge on any atom is -0.504 e. The summed E-state index contributed by atoms with van der Waals surface area (Å²) < 4.78 is 5.39. The molecule has 1 aromatic heterocycles. The van der Waals surface area contributed by atoms with E-state index >= 15 is 0 Å². The van der Waals surface area contributed by atoms with Gasteiger partial charge in [0, 0.05) is 6.20 Å². The van der Waals surface area contributed by atoms with Crippen molar-refractivity contribution in [2.75, 3.05) is 6.61 Å². The number of hydrogen-bond donors (Lipinski definition) is 2. The Hall–Kier alpha value is -3.34. The summed E-state index contributed by atoms with van der Waals surface area (Å²) in [5.74, 6) is -0.0332. The Labute approximate surface area is 145 Å². The molecule has 3 rings (SSSR count). The Kier molecular flexibility index (Phi) is 5.26. The fraction of sp³-hybridized carbons (Fsp3) is 0.100. The molecule has 3 aromatic rings. The van der Waals surface area contributed by atoms with Gasteiger partial charge in [-0.3, -0.25) is 9.78 Å². The third-order valence-electron chi connectivity index (χ3n) is 3.65. The predicted octanol–water partition coefficient (Wildman–Crippen LogP) is 3.07. The molecule has 25 heavy (non-hydrogen) atoms. The quantitative estimate of drug-likeness (QED) is 0.727. The number of pyridine rings is 1. The van der Waals surface area contributed by atoms with Crippen LogP contribution in [-0.2, 0) is 4.79 Å². The Morgan fingerprint density at radius 3 is 2.44 bits per heavy atom. The lowest BCUT2D eigenvalue weighted by atomic mass is 10.0. The summed E-state index contributed by atoms with van der Waals surface area (Å²) in [6, 6.07) is 21.3. The van der Waals surface area contributed by atoms with Crippen LogP contribution in [0.2, 0.25) is 0 Å². The molecule has 1 heterocycles. The van der Waals surface area contributed by atoms with Crippen LogP contribution in [0.5, 0.6) is 11.5 Å². The second kappa shape index (κ2) is 7.97. The maximum Gasteiger partial charge on any atom is 0.258 e. The molecule has 2 N–H and O–H groups in total. The zero-order chi connectivity index (χ0) is 17.5. The van der Waals surface area contributed by atoms with E-state index in [1.807, 2.05) is 48.5 Å². The van der Waals surface area contributed by atoms with Gasteiger partial charge in [-0.25, -0.2) is 0 Å². The van der Waals surface area contributed by atoms with Crippen LogP contribution < -0.4 is 10.1 Å². The van der Waals surface area contributed by atoms with Gasteiger partial charge in [-0.1, -0.05) is 48.5 Å². The third-order valence-corrected chi connectivity index (χ3v) is 3.65. The molecular formula is C20H18N2O3. The van der Waals surface area contributed by atoms with Gasteiger partial charge in [-0.15, -0.1) is 0 Å². The standard InChI is InChI=1S/C20H18N2O3/c23-17-11-4-5-12-18(17)25-14-19(24)22-20(15-8-2-1-3-9-15)16-10-6-7-13-21-16/h1-13,20,23H,14H2,(H,22,24). The lowest BCUT2D eigenvalue weighted by Gasteiger charge is -2.19. The molecule has 1 atom stereocenters. The van der Waals surface area contributed by atoms with Crippen molar-refractivity contribution in [3.63, 3.8) is 0 Å². The van der Waals surface area contributed by atoms with E-state index in [4.69, 9.17) is 4.74 Å². The Morgan fingerprint density at radius 2 is 1.72 bits per heavy atom. The van der Waals surface area contributed by atoms with Crippen LogP contribution in [-0.4, -0.2) is 22.6 Å². The number of rotatable bonds is 6. The number of nitrogens with zero attached hydrogens (tertiary/aromatic N) is 1. The van der Waals surface area contributed by atoms with E-state index in [0.717, 1.165) is 11.3 Å². The molecule has 5 heteroatoms. The fourth-order valence-corrected chi connectivity index (χ4v) is 2.45. The van der Waals surface area contributed by atoms with Crippen molar-refractivity contribution in [2.24, 2.45) is 0 Å². The molecule has 5 nitrogen and oxygen atoms in total.